The van der Waals surface area contributed by atoms with Crippen LogP contribution in [-0.4, -0.2) is 30.5 Å². The third-order valence-corrected chi connectivity index (χ3v) is 2.34. The average Bonchev–Trinajstić information content (AvgIpc) is 2.67. The van der Waals surface area contributed by atoms with Crippen LogP contribution in [0.2, 0.25) is 10.6 Å². The maximum absolute atomic E-state index is 5.67. The van der Waals surface area contributed by atoms with Gasteiger partial charge in [0.2, 0.25) is 16.5 Å². The third kappa shape index (κ3) is 3.54. The summed E-state index contributed by atoms with van der Waals surface area (Å²) < 4.78 is 1.95. The monoisotopic (exact) mass is 272 g/mol. The highest BCUT2D eigenvalue weighted by Gasteiger charge is 2.07. The second kappa shape index (κ2) is 5.29. The molecule has 0 aliphatic heterocycles. The number of anilines is 1. The van der Waals surface area contributed by atoms with Crippen molar-refractivity contribution in [3.8, 4) is 0 Å². The average molecular weight is 273 g/mol. The van der Waals surface area contributed by atoms with E-state index in [1.807, 2.05) is 17.7 Å². The van der Waals surface area contributed by atoms with Gasteiger partial charge in [0.1, 0.15) is 0 Å². The lowest BCUT2D eigenvalue weighted by molar-refractivity contribution is 0.614. The molecule has 2 aromatic heterocycles. The molecule has 0 spiro atoms. The molecule has 0 amide bonds. The molecule has 0 saturated carbocycles. The van der Waals surface area contributed by atoms with Gasteiger partial charge in [-0.15, -0.1) is 0 Å². The van der Waals surface area contributed by atoms with Gasteiger partial charge in [0.25, 0.3) is 0 Å². The molecule has 2 aromatic rings. The number of aromatic nitrogens is 5. The molecular formula is C9H10Cl2N6. The third-order valence-electron chi connectivity index (χ3n) is 2.00. The normalized spacial score (nSPS) is 12.4. The van der Waals surface area contributed by atoms with Crippen LogP contribution in [0, 0.1) is 0 Å². The Balaban J connectivity index is 2.00. The zero-order chi connectivity index (χ0) is 12.3. The van der Waals surface area contributed by atoms with Gasteiger partial charge in [-0.3, -0.25) is 0 Å². The molecule has 0 saturated heterocycles. The first-order valence-electron chi connectivity index (χ1n) is 4.93. The molecule has 0 aromatic carbocycles. The van der Waals surface area contributed by atoms with Crippen LogP contribution in [-0.2, 0) is 6.54 Å². The fourth-order valence-electron chi connectivity index (χ4n) is 1.37. The molecular weight excluding hydrogens is 263 g/mol. The summed E-state index contributed by atoms with van der Waals surface area (Å²) >= 11 is 11.3. The number of imidazole rings is 1. The minimum atomic E-state index is 0.0716. The van der Waals surface area contributed by atoms with E-state index in [1.54, 1.807) is 12.5 Å². The highest BCUT2D eigenvalue weighted by Crippen LogP contribution is 2.10. The Morgan fingerprint density at radius 3 is 2.59 bits per heavy atom. The van der Waals surface area contributed by atoms with E-state index in [-0.39, 0.29) is 16.6 Å². The zero-order valence-electron chi connectivity index (χ0n) is 9.01. The van der Waals surface area contributed by atoms with Crippen molar-refractivity contribution >= 4 is 29.2 Å². The highest BCUT2D eigenvalue weighted by atomic mass is 35.5. The maximum atomic E-state index is 5.67. The summed E-state index contributed by atoms with van der Waals surface area (Å²) in [7, 11) is 0. The minimum absolute atomic E-state index is 0.0716. The Morgan fingerprint density at radius 2 is 2.00 bits per heavy atom. The molecule has 0 fully saturated rings. The smallest absolute Gasteiger partial charge is 0.228 e. The lowest BCUT2D eigenvalue weighted by Gasteiger charge is -2.14. The van der Waals surface area contributed by atoms with E-state index in [0.717, 1.165) is 6.54 Å². The molecule has 2 heterocycles. The van der Waals surface area contributed by atoms with Crippen LogP contribution in [0.5, 0.6) is 0 Å². The molecule has 6 nitrogen and oxygen atoms in total. The zero-order valence-corrected chi connectivity index (χ0v) is 10.5. The Labute approximate surface area is 108 Å². The van der Waals surface area contributed by atoms with E-state index in [0.29, 0.717) is 5.95 Å². The van der Waals surface area contributed by atoms with Gasteiger partial charge in [-0.1, -0.05) is 0 Å². The Morgan fingerprint density at radius 1 is 1.29 bits per heavy atom. The van der Waals surface area contributed by atoms with E-state index in [1.165, 1.54) is 0 Å². The van der Waals surface area contributed by atoms with Crippen LogP contribution < -0.4 is 5.32 Å². The lowest BCUT2D eigenvalue weighted by Crippen LogP contribution is -2.22. The number of rotatable bonds is 4. The first-order valence-corrected chi connectivity index (χ1v) is 5.68. The van der Waals surface area contributed by atoms with E-state index in [4.69, 9.17) is 23.2 Å². The predicted molar refractivity (Wildman–Crippen MR) is 65.2 cm³/mol. The predicted octanol–water partition coefficient (Wildman–Crippen LogP) is 1.88. The summed E-state index contributed by atoms with van der Waals surface area (Å²) in [5.41, 5.74) is 0. The molecule has 17 heavy (non-hydrogen) atoms. The number of hydrogen-bond acceptors (Lipinski definition) is 5. The number of nitrogens with zero attached hydrogens (tertiary/aromatic N) is 5. The molecule has 1 atom stereocenters. The van der Waals surface area contributed by atoms with Crippen molar-refractivity contribution in [3.05, 3.63) is 29.3 Å². The van der Waals surface area contributed by atoms with Crippen LogP contribution in [0.25, 0.3) is 0 Å². The van der Waals surface area contributed by atoms with Crippen LogP contribution in [0.1, 0.15) is 6.92 Å². The molecule has 0 aliphatic rings. The first kappa shape index (κ1) is 12.1. The topological polar surface area (TPSA) is 68.5 Å². The van der Waals surface area contributed by atoms with Crippen molar-refractivity contribution in [2.45, 2.75) is 19.5 Å². The molecule has 2 rings (SSSR count). The largest absolute Gasteiger partial charge is 0.350 e. The second-order valence-electron chi connectivity index (χ2n) is 3.50. The van der Waals surface area contributed by atoms with Gasteiger partial charge in [0.05, 0.1) is 6.33 Å². The van der Waals surface area contributed by atoms with Crippen molar-refractivity contribution in [2.24, 2.45) is 0 Å². The van der Waals surface area contributed by atoms with Crippen molar-refractivity contribution in [1.29, 1.82) is 0 Å². The van der Waals surface area contributed by atoms with Gasteiger partial charge in [0, 0.05) is 25.0 Å². The van der Waals surface area contributed by atoms with Crippen LogP contribution in [0.15, 0.2) is 18.7 Å². The lowest BCUT2D eigenvalue weighted by atomic mass is 10.3. The fourth-order valence-corrected chi connectivity index (χ4v) is 1.73. The van der Waals surface area contributed by atoms with Crippen molar-refractivity contribution in [1.82, 2.24) is 24.5 Å². The first-order chi connectivity index (χ1) is 8.13. The molecule has 90 valence electrons. The van der Waals surface area contributed by atoms with Gasteiger partial charge >= 0.3 is 0 Å². The van der Waals surface area contributed by atoms with Crippen LogP contribution in [0.4, 0.5) is 5.95 Å². The molecule has 0 aliphatic carbocycles. The highest BCUT2D eigenvalue weighted by molar-refractivity contribution is 6.31. The van der Waals surface area contributed by atoms with Crippen molar-refractivity contribution in [2.75, 3.05) is 5.32 Å². The number of nitrogens with one attached hydrogen (secondary N) is 1. The molecule has 8 heteroatoms. The van der Waals surface area contributed by atoms with Crippen LogP contribution in [0.3, 0.4) is 0 Å². The van der Waals surface area contributed by atoms with Gasteiger partial charge in [-0.25, -0.2) is 4.98 Å². The summed E-state index contributed by atoms with van der Waals surface area (Å²) in [6.07, 6.45) is 5.35. The number of hydrogen-bond donors (Lipinski definition) is 1. The summed E-state index contributed by atoms with van der Waals surface area (Å²) in [6.45, 7) is 2.73. The Bertz CT molecular complexity index is 466. The van der Waals surface area contributed by atoms with E-state index in [9.17, 15) is 0 Å². The van der Waals surface area contributed by atoms with Crippen molar-refractivity contribution in [3.63, 3.8) is 0 Å². The molecule has 0 bridgehead atoms. The summed E-state index contributed by atoms with van der Waals surface area (Å²) in [5.74, 6) is 0.364. The molecule has 1 unspecified atom stereocenters. The Kier molecular flexibility index (Phi) is 3.75. The summed E-state index contributed by atoms with van der Waals surface area (Å²) in [6, 6.07) is 0.110. The number of halogens is 2. The van der Waals surface area contributed by atoms with Gasteiger partial charge in [-0.2, -0.15) is 15.0 Å². The fraction of sp³-hybridized carbons (Fsp3) is 0.333. The Hall–Kier alpha value is -1.40. The summed E-state index contributed by atoms with van der Waals surface area (Å²) in [5, 5.41) is 3.23. The van der Waals surface area contributed by atoms with Crippen molar-refractivity contribution < 1.29 is 0 Å². The summed E-state index contributed by atoms with van der Waals surface area (Å²) in [4.78, 5) is 15.5. The molecule has 0 radical (unpaired) electrons. The van der Waals surface area contributed by atoms with Crippen LogP contribution >= 0.6 is 23.2 Å². The second-order valence-corrected chi connectivity index (χ2v) is 4.18. The van der Waals surface area contributed by atoms with Gasteiger partial charge in [0.15, 0.2) is 0 Å². The van der Waals surface area contributed by atoms with Gasteiger partial charge in [-0.05, 0) is 30.1 Å². The minimum Gasteiger partial charge on any atom is -0.350 e. The van der Waals surface area contributed by atoms with E-state index >= 15 is 0 Å². The SMILES string of the molecule is CC(Cn1ccnc1)Nc1nc(Cl)nc(Cl)n1. The quantitative estimate of drug-likeness (QED) is 0.921. The van der Waals surface area contributed by atoms with E-state index in [2.05, 4.69) is 25.3 Å². The van der Waals surface area contributed by atoms with E-state index < -0.39 is 0 Å². The van der Waals surface area contributed by atoms with Gasteiger partial charge < -0.3 is 9.88 Å². The standard InChI is InChI=1S/C9H10Cl2N6/c1-6(4-17-3-2-12-5-17)13-9-15-7(10)14-8(11)16-9/h2-3,5-6H,4H2,1H3,(H,13,14,15,16). The maximum Gasteiger partial charge on any atom is 0.228 e. The molecule has 1 N–H and O–H groups in total.